The molecule has 0 aliphatic carbocycles. The van der Waals surface area contributed by atoms with E-state index in [1.165, 1.54) is 6.92 Å². The minimum atomic E-state index is -1.15. The highest BCUT2D eigenvalue weighted by Gasteiger charge is 2.27. The summed E-state index contributed by atoms with van der Waals surface area (Å²) in [4.78, 5) is 18.9. The Bertz CT molecular complexity index is 649. The summed E-state index contributed by atoms with van der Waals surface area (Å²) in [5, 5.41) is 9.77. The zero-order chi connectivity index (χ0) is 14.7. The number of aliphatic carboxylic acids is 1. The molecule has 2 rings (SSSR count). The maximum atomic E-state index is 14.0. The van der Waals surface area contributed by atoms with Crippen molar-refractivity contribution < 1.29 is 14.3 Å². The van der Waals surface area contributed by atoms with Gasteiger partial charge in [0.2, 0.25) is 0 Å². The quantitative estimate of drug-likeness (QED) is 0.941. The van der Waals surface area contributed by atoms with E-state index in [2.05, 4.69) is 9.97 Å². The SMILES string of the molecule is Cc1ncnc(C(Cc2ccccc2Cl)C(=O)O)c1F. The van der Waals surface area contributed by atoms with E-state index in [-0.39, 0.29) is 17.8 Å². The molecule has 1 unspecified atom stereocenters. The standard InChI is InChI=1S/C14H12ClFN2O2/c1-8-12(16)13(18-7-17-8)10(14(19)20)6-9-4-2-3-5-11(9)15/h2-5,7,10H,6H2,1H3,(H,19,20). The fourth-order valence-electron chi connectivity index (χ4n) is 1.90. The van der Waals surface area contributed by atoms with Gasteiger partial charge in [0.1, 0.15) is 12.2 Å². The Morgan fingerprint density at radius 3 is 2.75 bits per heavy atom. The van der Waals surface area contributed by atoms with Gasteiger partial charge in [-0.25, -0.2) is 14.4 Å². The minimum absolute atomic E-state index is 0.0718. The first kappa shape index (κ1) is 14.4. The van der Waals surface area contributed by atoms with Crippen LogP contribution in [0.25, 0.3) is 0 Å². The molecule has 0 amide bonds. The third-order valence-electron chi connectivity index (χ3n) is 3.00. The molecule has 0 aliphatic rings. The number of hydrogen-bond acceptors (Lipinski definition) is 3. The van der Waals surface area contributed by atoms with Crippen molar-refractivity contribution in [3.63, 3.8) is 0 Å². The monoisotopic (exact) mass is 294 g/mol. The molecule has 1 aromatic carbocycles. The number of halogens is 2. The van der Waals surface area contributed by atoms with Crippen molar-refractivity contribution in [1.29, 1.82) is 0 Å². The molecule has 104 valence electrons. The first-order valence-corrected chi connectivity index (χ1v) is 6.31. The van der Waals surface area contributed by atoms with E-state index in [0.29, 0.717) is 10.6 Å². The highest BCUT2D eigenvalue weighted by Crippen LogP contribution is 2.26. The molecule has 0 saturated heterocycles. The molecule has 1 aromatic heterocycles. The molecule has 0 radical (unpaired) electrons. The third kappa shape index (κ3) is 2.93. The van der Waals surface area contributed by atoms with Crippen LogP contribution in [0.1, 0.15) is 22.9 Å². The number of rotatable bonds is 4. The topological polar surface area (TPSA) is 63.1 Å². The molecule has 1 heterocycles. The molecular formula is C14H12ClFN2O2. The van der Waals surface area contributed by atoms with Gasteiger partial charge in [-0.05, 0) is 25.0 Å². The maximum Gasteiger partial charge on any atom is 0.313 e. The van der Waals surface area contributed by atoms with Crippen molar-refractivity contribution in [2.75, 3.05) is 0 Å². The minimum Gasteiger partial charge on any atom is -0.481 e. The number of aromatic nitrogens is 2. The summed E-state index contributed by atoms with van der Waals surface area (Å²) in [6.07, 6.45) is 1.23. The summed E-state index contributed by atoms with van der Waals surface area (Å²) < 4.78 is 14.0. The summed E-state index contributed by atoms with van der Waals surface area (Å²) in [6.45, 7) is 1.47. The molecule has 0 fully saturated rings. The van der Waals surface area contributed by atoms with Crippen LogP contribution in [0.15, 0.2) is 30.6 Å². The van der Waals surface area contributed by atoms with Crippen LogP contribution in [0.4, 0.5) is 4.39 Å². The van der Waals surface area contributed by atoms with Gasteiger partial charge in [0, 0.05) is 5.02 Å². The normalized spacial score (nSPS) is 12.2. The molecule has 6 heteroatoms. The van der Waals surface area contributed by atoms with E-state index < -0.39 is 17.7 Å². The molecular weight excluding hydrogens is 283 g/mol. The number of carboxylic acids is 1. The molecule has 4 nitrogen and oxygen atoms in total. The zero-order valence-corrected chi connectivity index (χ0v) is 11.4. The second-order valence-electron chi connectivity index (χ2n) is 4.34. The summed E-state index contributed by atoms with van der Waals surface area (Å²) in [5.74, 6) is -2.94. The highest BCUT2D eigenvalue weighted by atomic mass is 35.5. The fraction of sp³-hybridized carbons (Fsp3) is 0.214. The first-order chi connectivity index (χ1) is 9.50. The molecule has 0 bridgehead atoms. The number of hydrogen-bond donors (Lipinski definition) is 1. The smallest absolute Gasteiger partial charge is 0.313 e. The van der Waals surface area contributed by atoms with Gasteiger partial charge in [0.05, 0.1) is 11.4 Å². The Balaban J connectivity index is 2.40. The molecule has 1 atom stereocenters. The number of nitrogens with zero attached hydrogens (tertiary/aromatic N) is 2. The lowest BCUT2D eigenvalue weighted by Crippen LogP contribution is -2.18. The van der Waals surface area contributed by atoms with Gasteiger partial charge in [0.25, 0.3) is 0 Å². The van der Waals surface area contributed by atoms with Crippen LogP contribution in [0.2, 0.25) is 5.02 Å². The van der Waals surface area contributed by atoms with Gasteiger partial charge in [-0.3, -0.25) is 4.79 Å². The lowest BCUT2D eigenvalue weighted by atomic mass is 9.95. The van der Waals surface area contributed by atoms with Crippen molar-refractivity contribution in [1.82, 2.24) is 9.97 Å². The number of aryl methyl sites for hydroxylation is 1. The summed E-state index contributed by atoms with van der Waals surface area (Å²) >= 11 is 6.01. The predicted octanol–water partition coefficient (Wildman–Crippen LogP) is 2.99. The Labute approximate surface area is 120 Å². The van der Waals surface area contributed by atoms with Gasteiger partial charge in [-0.2, -0.15) is 0 Å². The summed E-state index contributed by atoms with van der Waals surface area (Å²) in [5.41, 5.74) is 0.641. The van der Waals surface area contributed by atoms with Crippen molar-refractivity contribution in [3.05, 3.63) is 58.4 Å². The van der Waals surface area contributed by atoms with Gasteiger partial charge in [-0.1, -0.05) is 29.8 Å². The van der Waals surface area contributed by atoms with Crippen LogP contribution in [0.5, 0.6) is 0 Å². The maximum absolute atomic E-state index is 14.0. The van der Waals surface area contributed by atoms with Gasteiger partial charge in [0.15, 0.2) is 5.82 Å². The summed E-state index contributed by atoms with van der Waals surface area (Å²) in [7, 11) is 0. The van der Waals surface area contributed by atoms with Crippen molar-refractivity contribution in [2.24, 2.45) is 0 Å². The predicted molar refractivity (Wildman–Crippen MR) is 72.3 cm³/mol. The molecule has 20 heavy (non-hydrogen) atoms. The lowest BCUT2D eigenvalue weighted by Gasteiger charge is -2.14. The van der Waals surface area contributed by atoms with E-state index in [9.17, 15) is 14.3 Å². The zero-order valence-electron chi connectivity index (χ0n) is 10.7. The van der Waals surface area contributed by atoms with Gasteiger partial charge >= 0.3 is 5.97 Å². The highest BCUT2D eigenvalue weighted by molar-refractivity contribution is 6.31. The van der Waals surface area contributed by atoms with Crippen LogP contribution in [-0.2, 0) is 11.2 Å². The van der Waals surface area contributed by atoms with E-state index in [1.807, 2.05) is 0 Å². The van der Waals surface area contributed by atoms with Crippen LogP contribution in [0.3, 0.4) is 0 Å². The average Bonchev–Trinajstić information content (AvgIpc) is 2.41. The Kier molecular flexibility index (Phi) is 4.29. The molecule has 1 N–H and O–H groups in total. The van der Waals surface area contributed by atoms with E-state index in [1.54, 1.807) is 24.3 Å². The second kappa shape index (κ2) is 5.96. The van der Waals surface area contributed by atoms with Crippen LogP contribution < -0.4 is 0 Å². The second-order valence-corrected chi connectivity index (χ2v) is 4.75. The van der Waals surface area contributed by atoms with Crippen LogP contribution in [-0.4, -0.2) is 21.0 Å². The Morgan fingerprint density at radius 1 is 1.40 bits per heavy atom. The number of carbonyl (C=O) groups is 1. The fourth-order valence-corrected chi connectivity index (χ4v) is 2.12. The Morgan fingerprint density at radius 2 is 2.10 bits per heavy atom. The lowest BCUT2D eigenvalue weighted by molar-refractivity contribution is -0.138. The molecule has 2 aromatic rings. The van der Waals surface area contributed by atoms with E-state index in [4.69, 9.17) is 11.6 Å². The third-order valence-corrected chi connectivity index (χ3v) is 3.37. The number of benzene rings is 1. The van der Waals surface area contributed by atoms with Crippen LogP contribution in [0, 0.1) is 12.7 Å². The van der Waals surface area contributed by atoms with Crippen molar-refractivity contribution in [2.45, 2.75) is 19.3 Å². The largest absolute Gasteiger partial charge is 0.481 e. The molecule has 0 aliphatic heterocycles. The Hall–Kier alpha value is -2.01. The summed E-state index contributed by atoms with van der Waals surface area (Å²) in [6, 6.07) is 6.88. The van der Waals surface area contributed by atoms with Gasteiger partial charge < -0.3 is 5.11 Å². The molecule has 0 saturated carbocycles. The van der Waals surface area contributed by atoms with Crippen molar-refractivity contribution >= 4 is 17.6 Å². The van der Waals surface area contributed by atoms with E-state index in [0.717, 1.165) is 6.33 Å². The molecule has 0 spiro atoms. The average molecular weight is 295 g/mol. The van der Waals surface area contributed by atoms with E-state index >= 15 is 0 Å². The van der Waals surface area contributed by atoms with Crippen molar-refractivity contribution in [3.8, 4) is 0 Å². The van der Waals surface area contributed by atoms with Crippen LogP contribution >= 0.6 is 11.6 Å². The number of carboxylic acid groups (broad SMARTS) is 1. The van der Waals surface area contributed by atoms with Gasteiger partial charge in [-0.15, -0.1) is 0 Å². The first-order valence-electron chi connectivity index (χ1n) is 5.94.